The van der Waals surface area contributed by atoms with E-state index in [1.807, 2.05) is 0 Å². The van der Waals surface area contributed by atoms with Gasteiger partial charge in [-0.25, -0.2) is 31.9 Å². The van der Waals surface area contributed by atoms with Crippen LogP contribution in [0.25, 0.3) is 11.4 Å². The van der Waals surface area contributed by atoms with Crippen molar-refractivity contribution in [3.8, 4) is 17.1 Å². The molecule has 5 nitrogen and oxygen atoms in total. The first-order valence-corrected chi connectivity index (χ1v) is 7.74. The second-order valence-electron chi connectivity index (χ2n) is 5.59. The van der Waals surface area contributed by atoms with Gasteiger partial charge in [0.1, 0.15) is 5.75 Å². The van der Waals surface area contributed by atoms with Gasteiger partial charge in [-0.1, -0.05) is 12.1 Å². The minimum atomic E-state index is -2.25. The standard InChI is InChI=1S/C18H11F5N4O/c1-8-6-12(26-18(25-8)9-4-2-3-5-11(9)28)27-24-7-10-13(19)15(21)17(23)16(22)14(10)20/h2-7,28H,1H3,(H,25,26,27). The van der Waals surface area contributed by atoms with Gasteiger partial charge in [0.25, 0.3) is 0 Å². The molecule has 0 saturated carbocycles. The smallest absolute Gasteiger partial charge is 0.200 e. The minimum Gasteiger partial charge on any atom is -0.507 e. The molecule has 1 heterocycles. The summed E-state index contributed by atoms with van der Waals surface area (Å²) in [4.78, 5) is 8.27. The van der Waals surface area contributed by atoms with Gasteiger partial charge < -0.3 is 5.11 Å². The van der Waals surface area contributed by atoms with E-state index in [0.717, 1.165) is 0 Å². The van der Waals surface area contributed by atoms with E-state index in [0.29, 0.717) is 17.5 Å². The number of hydrogen-bond donors (Lipinski definition) is 2. The summed E-state index contributed by atoms with van der Waals surface area (Å²) in [5.41, 5.74) is 1.94. The monoisotopic (exact) mass is 394 g/mol. The van der Waals surface area contributed by atoms with Gasteiger partial charge in [0, 0.05) is 11.8 Å². The molecule has 0 aliphatic rings. The van der Waals surface area contributed by atoms with Crippen LogP contribution in [0.3, 0.4) is 0 Å². The summed E-state index contributed by atoms with van der Waals surface area (Å²) < 4.78 is 66.7. The van der Waals surface area contributed by atoms with Crippen molar-refractivity contribution < 1.29 is 27.1 Å². The number of rotatable bonds is 4. The average molecular weight is 394 g/mol. The normalized spacial score (nSPS) is 11.2. The van der Waals surface area contributed by atoms with Gasteiger partial charge in [-0.05, 0) is 19.1 Å². The molecule has 0 saturated heterocycles. The minimum absolute atomic E-state index is 0.0658. The first-order valence-electron chi connectivity index (χ1n) is 7.74. The molecule has 3 aromatic rings. The van der Waals surface area contributed by atoms with Crippen LogP contribution in [0.4, 0.5) is 27.8 Å². The fourth-order valence-electron chi connectivity index (χ4n) is 2.31. The molecule has 28 heavy (non-hydrogen) atoms. The van der Waals surface area contributed by atoms with Crippen LogP contribution in [-0.4, -0.2) is 21.3 Å². The Morgan fingerprint density at radius 1 is 0.929 bits per heavy atom. The molecule has 0 spiro atoms. The summed E-state index contributed by atoms with van der Waals surface area (Å²) in [6.07, 6.45) is 0.452. The number of aromatic hydroxyl groups is 1. The molecule has 0 unspecified atom stereocenters. The molecule has 144 valence electrons. The molecule has 0 radical (unpaired) electrons. The number of phenolic OH excluding ortho intramolecular Hbond substituents is 1. The zero-order valence-electron chi connectivity index (χ0n) is 14.1. The van der Waals surface area contributed by atoms with Gasteiger partial charge in [-0.15, -0.1) is 0 Å². The van der Waals surface area contributed by atoms with Gasteiger partial charge in [0.2, 0.25) is 5.82 Å². The highest BCUT2D eigenvalue weighted by atomic mass is 19.2. The van der Waals surface area contributed by atoms with Crippen molar-refractivity contribution in [2.45, 2.75) is 6.92 Å². The first kappa shape index (κ1) is 19.2. The van der Waals surface area contributed by atoms with Gasteiger partial charge in [-0.3, -0.25) is 5.43 Å². The highest BCUT2D eigenvalue weighted by Gasteiger charge is 2.24. The van der Waals surface area contributed by atoms with Gasteiger partial charge in [0.15, 0.2) is 34.9 Å². The van der Waals surface area contributed by atoms with Crippen LogP contribution in [0.1, 0.15) is 11.3 Å². The van der Waals surface area contributed by atoms with E-state index in [1.54, 1.807) is 25.1 Å². The van der Waals surface area contributed by atoms with Crippen molar-refractivity contribution in [3.63, 3.8) is 0 Å². The lowest BCUT2D eigenvalue weighted by atomic mass is 10.2. The lowest BCUT2D eigenvalue weighted by Crippen LogP contribution is -2.07. The first-order chi connectivity index (χ1) is 13.3. The Kier molecular flexibility index (Phi) is 5.21. The summed E-state index contributed by atoms with van der Waals surface area (Å²) in [5.74, 6) is -10.2. The lowest BCUT2D eigenvalue weighted by Gasteiger charge is -2.07. The number of hydrazone groups is 1. The van der Waals surface area contributed by atoms with Crippen molar-refractivity contribution in [1.29, 1.82) is 0 Å². The Balaban J connectivity index is 1.91. The van der Waals surface area contributed by atoms with Crippen LogP contribution in [0.2, 0.25) is 0 Å². The van der Waals surface area contributed by atoms with Crippen molar-refractivity contribution in [1.82, 2.24) is 9.97 Å². The van der Waals surface area contributed by atoms with Crippen LogP contribution in [0.5, 0.6) is 5.75 Å². The second-order valence-corrected chi connectivity index (χ2v) is 5.59. The second kappa shape index (κ2) is 7.59. The predicted molar refractivity (Wildman–Crippen MR) is 91.3 cm³/mol. The molecule has 0 bridgehead atoms. The van der Waals surface area contributed by atoms with Crippen LogP contribution < -0.4 is 5.43 Å². The SMILES string of the molecule is Cc1cc(NN=Cc2c(F)c(F)c(F)c(F)c2F)nc(-c2ccccc2O)n1. The Labute approximate surface area is 155 Å². The topological polar surface area (TPSA) is 70.4 Å². The van der Waals surface area contributed by atoms with Crippen LogP contribution >= 0.6 is 0 Å². The summed E-state index contributed by atoms with van der Waals surface area (Å²) in [6, 6.07) is 7.72. The third-order valence-electron chi connectivity index (χ3n) is 3.62. The molecule has 0 aliphatic carbocycles. The van der Waals surface area contributed by atoms with E-state index in [2.05, 4.69) is 20.5 Å². The van der Waals surface area contributed by atoms with E-state index < -0.39 is 34.6 Å². The fraction of sp³-hybridized carbons (Fsp3) is 0.0556. The average Bonchev–Trinajstić information content (AvgIpc) is 2.67. The van der Waals surface area contributed by atoms with Crippen LogP contribution in [0.15, 0.2) is 35.4 Å². The molecule has 0 aliphatic heterocycles. The predicted octanol–water partition coefficient (Wildman–Crippen LogP) is 4.30. The maximum atomic E-state index is 13.6. The van der Waals surface area contributed by atoms with E-state index in [1.165, 1.54) is 12.1 Å². The van der Waals surface area contributed by atoms with E-state index in [4.69, 9.17) is 0 Å². The van der Waals surface area contributed by atoms with Crippen LogP contribution in [0, 0.1) is 36.0 Å². The van der Waals surface area contributed by atoms with Gasteiger partial charge in [-0.2, -0.15) is 5.10 Å². The molecular weight excluding hydrogens is 383 g/mol. The van der Waals surface area contributed by atoms with Crippen molar-refractivity contribution >= 4 is 12.0 Å². The number of halogens is 5. The number of hydrogen-bond acceptors (Lipinski definition) is 5. The molecule has 0 amide bonds. The summed E-state index contributed by atoms with van der Waals surface area (Å²) in [5, 5.41) is 13.4. The Morgan fingerprint density at radius 2 is 1.54 bits per heavy atom. The quantitative estimate of drug-likeness (QED) is 0.228. The number of phenols is 1. The third kappa shape index (κ3) is 3.61. The van der Waals surface area contributed by atoms with E-state index in [9.17, 15) is 27.1 Å². The molecule has 2 aromatic carbocycles. The number of benzene rings is 2. The van der Waals surface area contributed by atoms with Gasteiger partial charge >= 0.3 is 0 Å². The number of para-hydroxylation sites is 1. The summed E-state index contributed by atoms with van der Waals surface area (Å²) in [6.45, 7) is 1.63. The highest BCUT2D eigenvalue weighted by molar-refractivity contribution is 5.81. The molecule has 0 atom stereocenters. The Morgan fingerprint density at radius 3 is 2.18 bits per heavy atom. The Hall–Kier alpha value is -3.56. The summed E-state index contributed by atoms with van der Waals surface area (Å²) >= 11 is 0. The zero-order valence-corrected chi connectivity index (χ0v) is 14.1. The maximum absolute atomic E-state index is 13.6. The molecule has 0 fully saturated rings. The molecule has 1 aromatic heterocycles. The molecule has 2 N–H and O–H groups in total. The fourth-order valence-corrected chi connectivity index (χ4v) is 2.31. The number of anilines is 1. The zero-order chi connectivity index (χ0) is 20.4. The molecule has 10 heteroatoms. The van der Waals surface area contributed by atoms with Gasteiger partial charge in [0.05, 0.1) is 17.3 Å². The van der Waals surface area contributed by atoms with Crippen molar-refractivity contribution in [2.75, 3.05) is 5.43 Å². The van der Waals surface area contributed by atoms with E-state index >= 15 is 0 Å². The number of aromatic nitrogens is 2. The van der Waals surface area contributed by atoms with Crippen LogP contribution in [-0.2, 0) is 0 Å². The van der Waals surface area contributed by atoms with E-state index in [-0.39, 0.29) is 17.4 Å². The third-order valence-corrected chi connectivity index (χ3v) is 3.62. The number of aryl methyl sites for hydroxylation is 1. The number of nitrogens with zero attached hydrogens (tertiary/aromatic N) is 3. The maximum Gasteiger partial charge on any atom is 0.200 e. The van der Waals surface area contributed by atoms with Crippen molar-refractivity contribution in [3.05, 3.63) is 70.7 Å². The molecule has 3 rings (SSSR count). The largest absolute Gasteiger partial charge is 0.507 e. The molecular formula is C18H11F5N4O. The number of nitrogens with one attached hydrogen (secondary N) is 1. The lowest BCUT2D eigenvalue weighted by molar-refractivity contribution is 0.377. The summed E-state index contributed by atoms with van der Waals surface area (Å²) in [7, 11) is 0. The highest BCUT2D eigenvalue weighted by Crippen LogP contribution is 2.27. The van der Waals surface area contributed by atoms with Crippen molar-refractivity contribution in [2.24, 2.45) is 5.10 Å². The Bertz CT molecular complexity index is 1060.